The van der Waals surface area contributed by atoms with E-state index in [1.54, 1.807) is 0 Å². The quantitative estimate of drug-likeness (QED) is 0.388. The average molecular weight is 501 g/mol. The van der Waals surface area contributed by atoms with E-state index in [1.807, 2.05) is 6.07 Å². The zero-order valence-electron chi connectivity index (χ0n) is 24.3. The first-order chi connectivity index (χ1) is 17.3. The largest absolute Gasteiger partial charge is 0.299 e. The Morgan fingerprint density at radius 2 is 1.51 bits per heavy atom. The van der Waals surface area contributed by atoms with E-state index < -0.39 is 5.41 Å². The fourth-order valence-electron chi connectivity index (χ4n) is 11.3. The summed E-state index contributed by atoms with van der Waals surface area (Å²) in [6, 6.07) is 10.5. The number of rotatable bonds is 1. The molecule has 37 heavy (non-hydrogen) atoms. The monoisotopic (exact) mass is 500 g/mol. The lowest BCUT2D eigenvalue weighted by Crippen LogP contribution is -2.67. The summed E-state index contributed by atoms with van der Waals surface area (Å²) in [7, 11) is 0. The van der Waals surface area contributed by atoms with E-state index >= 15 is 0 Å². The summed E-state index contributed by atoms with van der Waals surface area (Å²) in [5.41, 5.74) is 2.29. The number of carbonyl (C=O) groups excluding carboxylic acids is 2. The number of allylic oxidation sites excluding steroid dienone is 2. The Morgan fingerprint density at radius 3 is 2.22 bits per heavy atom. The average Bonchev–Trinajstić information content (AvgIpc) is 2.86. The van der Waals surface area contributed by atoms with Gasteiger partial charge in [-0.05, 0) is 109 Å². The first-order valence-corrected chi connectivity index (χ1v) is 15.2. The topological polar surface area (TPSA) is 34.1 Å². The lowest BCUT2D eigenvalue weighted by Gasteiger charge is -2.70. The zero-order chi connectivity index (χ0) is 26.6. The molecule has 0 radical (unpaired) electrons. The minimum atomic E-state index is -0.515. The van der Waals surface area contributed by atoms with Crippen molar-refractivity contribution in [2.24, 2.45) is 51.2 Å². The van der Waals surface area contributed by atoms with Crippen LogP contribution in [0.3, 0.4) is 0 Å². The van der Waals surface area contributed by atoms with Crippen LogP contribution in [0.1, 0.15) is 105 Å². The molecule has 10 unspecified atom stereocenters. The lowest BCUT2D eigenvalue weighted by atomic mass is 9.33. The van der Waals surface area contributed by atoms with E-state index in [4.69, 9.17) is 0 Å². The van der Waals surface area contributed by atoms with Crippen LogP contribution in [-0.4, -0.2) is 11.6 Å². The van der Waals surface area contributed by atoms with Gasteiger partial charge >= 0.3 is 0 Å². The Hall–Kier alpha value is -1.70. The number of hydrogen-bond donors (Lipinski definition) is 0. The molecule has 0 saturated heterocycles. The van der Waals surface area contributed by atoms with Crippen molar-refractivity contribution >= 4 is 11.6 Å². The third-order valence-corrected chi connectivity index (χ3v) is 13.9. The van der Waals surface area contributed by atoms with Gasteiger partial charge in [-0.15, -0.1) is 0 Å². The third-order valence-electron chi connectivity index (χ3n) is 13.9. The molecule has 1 aromatic carbocycles. The number of carbonyl (C=O) groups is 2. The maximum absolute atomic E-state index is 14.5. The van der Waals surface area contributed by atoms with Crippen LogP contribution >= 0.6 is 0 Å². The molecule has 2 nitrogen and oxygen atoms in total. The van der Waals surface area contributed by atoms with Crippen LogP contribution in [0, 0.1) is 51.2 Å². The first kappa shape index (κ1) is 25.6. The molecule has 0 N–H and O–H groups in total. The Labute approximate surface area is 225 Å². The van der Waals surface area contributed by atoms with Gasteiger partial charge in [0, 0.05) is 12.3 Å². The highest BCUT2D eigenvalue weighted by Crippen LogP contribution is 2.75. The molecule has 6 rings (SSSR count). The number of benzene rings is 1. The Balaban J connectivity index is 1.49. The van der Waals surface area contributed by atoms with Gasteiger partial charge in [0.2, 0.25) is 0 Å². The van der Waals surface area contributed by atoms with E-state index in [0.29, 0.717) is 41.2 Å². The molecule has 0 spiro atoms. The lowest BCUT2D eigenvalue weighted by molar-refractivity contribution is -0.182. The second kappa shape index (κ2) is 7.92. The SMILES string of the molecule is CC1CCC2(C)CCC3(C)C(=CC(=O)C4C5(C)CCC(=O)C(C)(c6ccccc6)C5CCC43C)C2C1C. The zero-order valence-corrected chi connectivity index (χ0v) is 24.3. The highest BCUT2D eigenvalue weighted by Gasteiger charge is 2.70. The number of ketones is 2. The van der Waals surface area contributed by atoms with Crippen molar-refractivity contribution in [1.82, 2.24) is 0 Å². The maximum Gasteiger partial charge on any atom is 0.159 e. The summed E-state index contributed by atoms with van der Waals surface area (Å²) >= 11 is 0. The molecule has 2 heteroatoms. The second-order valence-corrected chi connectivity index (χ2v) is 15.3. The van der Waals surface area contributed by atoms with Gasteiger partial charge in [0.1, 0.15) is 5.78 Å². The van der Waals surface area contributed by atoms with E-state index in [1.165, 1.54) is 31.3 Å². The molecule has 5 aliphatic carbocycles. The van der Waals surface area contributed by atoms with Crippen molar-refractivity contribution in [2.45, 2.75) is 105 Å². The highest BCUT2D eigenvalue weighted by atomic mass is 16.1. The van der Waals surface area contributed by atoms with Gasteiger partial charge in [0.05, 0.1) is 5.41 Å². The van der Waals surface area contributed by atoms with Crippen LogP contribution in [0.5, 0.6) is 0 Å². The van der Waals surface area contributed by atoms with Crippen LogP contribution in [-0.2, 0) is 15.0 Å². The molecule has 5 aliphatic rings. The summed E-state index contributed by atoms with van der Waals surface area (Å²) in [6.07, 6.45) is 10.8. The van der Waals surface area contributed by atoms with E-state index in [9.17, 15) is 9.59 Å². The van der Waals surface area contributed by atoms with E-state index in [2.05, 4.69) is 78.8 Å². The minimum Gasteiger partial charge on any atom is -0.299 e. The van der Waals surface area contributed by atoms with Crippen LogP contribution in [0.25, 0.3) is 0 Å². The standard InChI is InChI=1S/C35H48O2/c1-22-13-16-31(3)19-20-33(5)25(29(31)23(22)2)21-26(36)30-32(4)17-15-28(37)35(7,24-11-9-8-10-12-24)27(32)14-18-34(30,33)6/h8-12,21-23,27,29-30H,13-20H2,1-7H3. The molecule has 200 valence electrons. The summed E-state index contributed by atoms with van der Waals surface area (Å²) in [5.74, 6) is 2.79. The molecule has 0 aromatic heterocycles. The Bertz CT molecular complexity index is 1160. The molecule has 4 fully saturated rings. The van der Waals surface area contributed by atoms with Crippen molar-refractivity contribution in [3.8, 4) is 0 Å². The van der Waals surface area contributed by atoms with Crippen molar-refractivity contribution in [1.29, 1.82) is 0 Å². The summed E-state index contributed by atoms with van der Waals surface area (Å²) < 4.78 is 0. The number of fused-ring (bicyclic) bond motifs is 7. The van der Waals surface area contributed by atoms with E-state index in [-0.39, 0.29) is 28.1 Å². The molecular formula is C35H48O2. The summed E-state index contributed by atoms with van der Waals surface area (Å²) in [6.45, 7) is 17.0. The van der Waals surface area contributed by atoms with Gasteiger partial charge in [-0.3, -0.25) is 9.59 Å². The fourth-order valence-corrected chi connectivity index (χ4v) is 11.3. The Morgan fingerprint density at radius 1 is 0.811 bits per heavy atom. The molecule has 0 amide bonds. The number of Topliss-reactive ketones (excluding diaryl/α,β-unsaturated/α-hetero) is 1. The van der Waals surface area contributed by atoms with Gasteiger partial charge in [0.15, 0.2) is 5.78 Å². The van der Waals surface area contributed by atoms with Crippen LogP contribution in [0.4, 0.5) is 0 Å². The predicted octanol–water partition coefficient (Wildman–Crippen LogP) is 8.34. The number of hydrogen-bond acceptors (Lipinski definition) is 2. The molecule has 10 atom stereocenters. The fraction of sp³-hybridized carbons (Fsp3) is 0.714. The van der Waals surface area contributed by atoms with Gasteiger partial charge in [-0.2, -0.15) is 0 Å². The van der Waals surface area contributed by atoms with E-state index in [0.717, 1.165) is 24.8 Å². The van der Waals surface area contributed by atoms with Gasteiger partial charge in [-0.1, -0.05) is 77.4 Å². The van der Waals surface area contributed by atoms with Gasteiger partial charge in [0.25, 0.3) is 0 Å². The Kier molecular flexibility index (Phi) is 5.47. The van der Waals surface area contributed by atoms with Crippen LogP contribution < -0.4 is 0 Å². The molecular weight excluding hydrogens is 452 g/mol. The van der Waals surface area contributed by atoms with Crippen molar-refractivity contribution in [3.63, 3.8) is 0 Å². The summed E-state index contributed by atoms with van der Waals surface area (Å²) in [4.78, 5) is 28.2. The first-order valence-electron chi connectivity index (χ1n) is 15.2. The highest BCUT2D eigenvalue weighted by molar-refractivity contribution is 5.97. The minimum absolute atomic E-state index is 0.00989. The van der Waals surface area contributed by atoms with Gasteiger partial charge in [-0.25, -0.2) is 0 Å². The molecule has 0 heterocycles. The molecule has 1 aromatic rings. The van der Waals surface area contributed by atoms with Crippen LogP contribution in [0.15, 0.2) is 42.0 Å². The second-order valence-electron chi connectivity index (χ2n) is 15.3. The van der Waals surface area contributed by atoms with Crippen molar-refractivity contribution < 1.29 is 9.59 Å². The smallest absolute Gasteiger partial charge is 0.159 e. The third kappa shape index (κ3) is 3.05. The molecule has 0 bridgehead atoms. The van der Waals surface area contributed by atoms with Crippen LogP contribution in [0.2, 0.25) is 0 Å². The predicted molar refractivity (Wildman–Crippen MR) is 150 cm³/mol. The maximum atomic E-state index is 14.5. The van der Waals surface area contributed by atoms with Crippen molar-refractivity contribution in [2.75, 3.05) is 0 Å². The molecule has 0 aliphatic heterocycles. The van der Waals surface area contributed by atoms with Crippen molar-refractivity contribution in [3.05, 3.63) is 47.5 Å². The molecule has 4 saturated carbocycles. The summed E-state index contributed by atoms with van der Waals surface area (Å²) in [5, 5.41) is 0. The normalized spacial score (nSPS) is 51.3. The van der Waals surface area contributed by atoms with Gasteiger partial charge < -0.3 is 0 Å².